The first-order valence-electron chi connectivity index (χ1n) is 17.2. The highest BCUT2D eigenvalue weighted by atomic mass is 28.4. The van der Waals surface area contributed by atoms with E-state index in [1.54, 1.807) is 6.08 Å². The minimum absolute atomic E-state index is 0.00634. The Balaban J connectivity index is 1.67. The standard InChI is InChI=1S/C36H58F2N4O3Si2/c1-24-16-15-17-26(22-24)25(2)28(44-46(9,10)34(3,4)5)21-20-27-29(45-47(11,12)35(6,7)8)23-30-33(27)36(37,38)31(43-30)18-13-14-19-32-39-41-42-40-32/h15-18,20-22,25,27-30,33H,13-14,19,23H2,1-12H3,(H,39,40,41,42)/b21-20-,31-18?/t25-,27+,28-,29-,30+,33-/m1/s1. The van der Waals surface area contributed by atoms with Crippen LogP contribution in [-0.2, 0) is 20.0 Å². The molecule has 2 aromatic rings. The molecule has 1 aromatic carbocycles. The number of nitrogens with one attached hydrogen (secondary N) is 1. The van der Waals surface area contributed by atoms with Crippen LogP contribution in [0.3, 0.4) is 0 Å². The normalized spacial score (nSPS) is 25.7. The number of benzene rings is 1. The maximum Gasteiger partial charge on any atom is 0.310 e. The zero-order valence-electron chi connectivity index (χ0n) is 30.7. The van der Waals surface area contributed by atoms with E-state index in [9.17, 15) is 0 Å². The van der Waals surface area contributed by atoms with Crippen LogP contribution in [0.15, 0.2) is 48.3 Å². The van der Waals surface area contributed by atoms with Gasteiger partial charge in [0.1, 0.15) is 6.10 Å². The van der Waals surface area contributed by atoms with E-state index in [1.165, 1.54) is 11.1 Å². The topological polar surface area (TPSA) is 82.2 Å². The van der Waals surface area contributed by atoms with Crippen LogP contribution in [0.5, 0.6) is 0 Å². The average Bonchev–Trinajstić information content (AvgIpc) is 3.64. The van der Waals surface area contributed by atoms with Gasteiger partial charge in [0, 0.05) is 24.7 Å². The van der Waals surface area contributed by atoms with Crippen molar-refractivity contribution in [3.8, 4) is 0 Å². The van der Waals surface area contributed by atoms with Gasteiger partial charge in [0.25, 0.3) is 0 Å². The molecule has 7 nitrogen and oxygen atoms in total. The van der Waals surface area contributed by atoms with Crippen LogP contribution in [0.2, 0.25) is 36.3 Å². The first-order chi connectivity index (χ1) is 21.6. The van der Waals surface area contributed by atoms with Crippen LogP contribution in [0, 0.1) is 18.8 Å². The molecule has 0 unspecified atom stereocenters. The number of tetrazole rings is 1. The maximum atomic E-state index is 16.4. The zero-order chi connectivity index (χ0) is 35.0. The van der Waals surface area contributed by atoms with Crippen LogP contribution in [0.1, 0.15) is 90.6 Å². The van der Waals surface area contributed by atoms with Crippen molar-refractivity contribution in [3.63, 3.8) is 0 Å². The van der Waals surface area contributed by atoms with E-state index in [0.717, 1.165) is 0 Å². The number of unbranched alkanes of at least 4 members (excludes halogenated alkanes) is 1. The van der Waals surface area contributed by atoms with Gasteiger partial charge in [-0.05, 0) is 67.7 Å². The molecule has 1 aromatic heterocycles. The molecule has 1 saturated heterocycles. The summed E-state index contributed by atoms with van der Waals surface area (Å²) in [7, 11) is -4.48. The van der Waals surface area contributed by atoms with Crippen molar-refractivity contribution in [2.45, 2.75) is 147 Å². The number of hydrogen-bond donors (Lipinski definition) is 1. The lowest BCUT2D eigenvalue weighted by Crippen LogP contribution is -2.46. The lowest BCUT2D eigenvalue weighted by Gasteiger charge is -2.41. The number of H-pyrrole nitrogens is 1. The second-order valence-electron chi connectivity index (χ2n) is 16.8. The van der Waals surface area contributed by atoms with Gasteiger partial charge in [0.2, 0.25) is 0 Å². The second-order valence-corrected chi connectivity index (χ2v) is 26.3. The fourth-order valence-electron chi connectivity index (χ4n) is 6.11. The molecule has 1 saturated carbocycles. The number of aryl methyl sites for hydroxylation is 2. The highest BCUT2D eigenvalue weighted by Gasteiger charge is 2.64. The number of allylic oxidation sites excluding steroid dienone is 2. The Hall–Kier alpha value is -2.22. The van der Waals surface area contributed by atoms with Crippen LogP contribution in [0.25, 0.3) is 0 Å². The summed E-state index contributed by atoms with van der Waals surface area (Å²) >= 11 is 0. The van der Waals surface area contributed by atoms with Crippen molar-refractivity contribution in [2.24, 2.45) is 11.8 Å². The van der Waals surface area contributed by atoms with E-state index in [2.05, 4.69) is 133 Å². The van der Waals surface area contributed by atoms with Crippen LogP contribution in [0.4, 0.5) is 8.78 Å². The summed E-state index contributed by atoms with van der Waals surface area (Å²) in [6, 6.07) is 8.50. The van der Waals surface area contributed by atoms with Crippen molar-refractivity contribution in [1.82, 2.24) is 20.6 Å². The molecule has 0 amide bonds. The number of alkyl halides is 2. The highest BCUT2D eigenvalue weighted by Crippen LogP contribution is 2.56. The molecule has 11 heteroatoms. The molecular weight excluding hydrogens is 631 g/mol. The maximum absolute atomic E-state index is 16.4. The van der Waals surface area contributed by atoms with E-state index < -0.39 is 40.5 Å². The summed E-state index contributed by atoms with van der Waals surface area (Å²) < 4.78 is 53.0. The quantitative estimate of drug-likeness (QED) is 0.136. The van der Waals surface area contributed by atoms with Crippen molar-refractivity contribution >= 4 is 16.6 Å². The third kappa shape index (κ3) is 8.51. The van der Waals surface area contributed by atoms with Gasteiger partial charge in [-0.25, -0.2) is 0 Å². The van der Waals surface area contributed by atoms with Gasteiger partial charge >= 0.3 is 5.92 Å². The lowest BCUT2D eigenvalue weighted by molar-refractivity contribution is -0.0259. The molecule has 1 N–H and O–H groups in total. The Morgan fingerprint density at radius 1 is 1.09 bits per heavy atom. The molecule has 47 heavy (non-hydrogen) atoms. The van der Waals surface area contributed by atoms with Gasteiger partial charge in [-0.2, -0.15) is 14.0 Å². The van der Waals surface area contributed by atoms with Gasteiger partial charge in [-0.15, -0.1) is 10.2 Å². The largest absolute Gasteiger partial charge is 0.488 e. The number of aromatic nitrogens is 4. The highest BCUT2D eigenvalue weighted by molar-refractivity contribution is 6.74. The molecule has 1 aliphatic heterocycles. The van der Waals surface area contributed by atoms with Crippen molar-refractivity contribution in [1.29, 1.82) is 0 Å². The third-order valence-electron chi connectivity index (χ3n) is 11.1. The minimum Gasteiger partial charge on any atom is -0.488 e. The molecule has 2 aliphatic rings. The second kappa shape index (κ2) is 14.0. The summed E-state index contributed by atoms with van der Waals surface area (Å²) in [5.74, 6) is -4.26. The molecule has 2 fully saturated rings. The molecule has 6 atom stereocenters. The summed E-state index contributed by atoms with van der Waals surface area (Å²) in [5, 5.41) is 13.9. The number of rotatable bonds is 12. The van der Waals surface area contributed by atoms with Crippen molar-refractivity contribution in [3.05, 3.63) is 65.2 Å². The third-order valence-corrected chi connectivity index (χ3v) is 20.1. The molecule has 4 rings (SSSR count). The van der Waals surface area contributed by atoms with Gasteiger partial charge in [-0.1, -0.05) is 95.7 Å². The molecule has 0 bridgehead atoms. The van der Waals surface area contributed by atoms with Crippen molar-refractivity contribution < 1.29 is 22.4 Å². The Morgan fingerprint density at radius 2 is 1.77 bits per heavy atom. The SMILES string of the molecule is Cc1cccc([C@@H](C)[C@@H](/C=C\[C@@H]2[C@@H]3[C@H](C[C@H]2O[Si](C)(C)C(C)(C)C)OC(=CCCCc2nn[nH]n2)C3(F)F)O[Si](C)(C)C(C)(C)C)c1. The molecular formula is C36H58F2N4O3Si2. The number of aromatic amines is 1. The minimum atomic E-state index is -3.12. The number of halogens is 2. The van der Waals surface area contributed by atoms with Crippen LogP contribution < -0.4 is 0 Å². The molecule has 262 valence electrons. The predicted octanol–water partition coefficient (Wildman–Crippen LogP) is 9.53. The first kappa shape index (κ1) is 37.6. The molecule has 2 heterocycles. The monoisotopic (exact) mass is 688 g/mol. The molecule has 1 aliphatic carbocycles. The van der Waals surface area contributed by atoms with Gasteiger partial charge in [0.15, 0.2) is 28.2 Å². The number of fused-ring (bicyclic) bond motifs is 1. The predicted molar refractivity (Wildman–Crippen MR) is 189 cm³/mol. The Labute approximate surface area is 283 Å². The Bertz CT molecular complexity index is 1400. The van der Waals surface area contributed by atoms with E-state index in [-0.39, 0.29) is 34.0 Å². The molecule has 0 spiro atoms. The number of nitrogens with zero attached hydrogens (tertiary/aromatic N) is 3. The van der Waals surface area contributed by atoms with Gasteiger partial charge < -0.3 is 13.6 Å². The summed E-state index contributed by atoms with van der Waals surface area (Å²) in [4.78, 5) is 0. The van der Waals surface area contributed by atoms with Crippen LogP contribution >= 0.6 is 0 Å². The Morgan fingerprint density at radius 3 is 2.36 bits per heavy atom. The van der Waals surface area contributed by atoms with Crippen molar-refractivity contribution in [2.75, 3.05) is 0 Å². The number of hydrogen-bond acceptors (Lipinski definition) is 6. The lowest BCUT2D eigenvalue weighted by atomic mass is 9.86. The van der Waals surface area contributed by atoms with E-state index in [0.29, 0.717) is 31.5 Å². The first-order valence-corrected chi connectivity index (χ1v) is 23.0. The van der Waals surface area contributed by atoms with E-state index in [4.69, 9.17) is 13.6 Å². The van der Waals surface area contributed by atoms with E-state index >= 15 is 8.78 Å². The van der Waals surface area contributed by atoms with Gasteiger partial charge in [-0.3, -0.25) is 0 Å². The zero-order valence-corrected chi connectivity index (χ0v) is 32.7. The average molecular weight is 689 g/mol. The summed E-state index contributed by atoms with van der Waals surface area (Å²) in [6.07, 6.45) is 6.44. The summed E-state index contributed by atoms with van der Waals surface area (Å²) in [5.41, 5.74) is 2.36. The van der Waals surface area contributed by atoms with Gasteiger partial charge in [0.05, 0.1) is 18.1 Å². The van der Waals surface area contributed by atoms with Crippen LogP contribution in [-0.4, -0.2) is 61.5 Å². The summed E-state index contributed by atoms with van der Waals surface area (Å²) in [6.45, 7) is 26.4. The smallest absolute Gasteiger partial charge is 0.310 e. The van der Waals surface area contributed by atoms with E-state index in [1.807, 2.05) is 6.08 Å². The fraction of sp³-hybridized carbons (Fsp3) is 0.694. The Kier molecular flexibility index (Phi) is 11.2. The number of ether oxygens (including phenoxy) is 1. The fourth-order valence-corrected chi connectivity index (χ4v) is 8.79. The molecule has 0 radical (unpaired) electrons.